The lowest BCUT2D eigenvalue weighted by molar-refractivity contribution is 0.0482. The molecule has 2 rings (SSSR count). The molecule has 1 aliphatic heterocycles. The molecule has 1 saturated heterocycles. The summed E-state index contributed by atoms with van der Waals surface area (Å²) in [5.74, 6) is 0.727. The summed E-state index contributed by atoms with van der Waals surface area (Å²) in [5, 5.41) is 3.30. The number of morpholine rings is 1. The maximum Gasteiger partial charge on any atom is 0.122 e. The lowest BCUT2D eigenvalue weighted by atomic mass is 9.91. The van der Waals surface area contributed by atoms with Gasteiger partial charge >= 0.3 is 0 Å². The average Bonchev–Trinajstić information content (AvgIpc) is 2.39. The van der Waals surface area contributed by atoms with Gasteiger partial charge in [0.2, 0.25) is 0 Å². The number of hydrogen-bond donors (Lipinski definition) is 1. The van der Waals surface area contributed by atoms with Crippen LogP contribution in [0.3, 0.4) is 0 Å². The van der Waals surface area contributed by atoms with Crippen LogP contribution in [0.2, 0.25) is 0 Å². The van der Waals surface area contributed by atoms with Crippen LogP contribution in [-0.4, -0.2) is 38.6 Å². The fraction of sp³-hybridized carbons (Fsp3) is 0.600. The molecule has 5 heteroatoms. The van der Waals surface area contributed by atoms with Gasteiger partial charge in [0.15, 0.2) is 0 Å². The van der Waals surface area contributed by atoms with Crippen LogP contribution in [0.25, 0.3) is 0 Å². The minimum Gasteiger partial charge on any atom is -0.496 e. The Bertz CT molecular complexity index is 447. The first kappa shape index (κ1) is 15.7. The van der Waals surface area contributed by atoms with Gasteiger partial charge in [0, 0.05) is 23.5 Å². The molecule has 1 aliphatic rings. The molecule has 0 amide bonds. The molecule has 3 nitrogen and oxygen atoms in total. The van der Waals surface area contributed by atoms with E-state index in [2.05, 4.69) is 21.2 Å². The fourth-order valence-electron chi connectivity index (χ4n) is 2.62. The van der Waals surface area contributed by atoms with E-state index in [1.54, 1.807) is 14.0 Å². The van der Waals surface area contributed by atoms with Crippen molar-refractivity contribution >= 4 is 15.9 Å². The molecular weight excluding hydrogens is 325 g/mol. The lowest BCUT2D eigenvalue weighted by Crippen LogP contribution is -2.45. The van der Waals surface area contributed by atoms with Crippen molar-refractivity contribution in [2.45, 2.75) is 31.5 Å². The SMILES string of the molecule is COc1ccc(Br)cc1CC(C)(F)CC1COCCN1. The highest BCUT2D eigenvalue weighted by Crippen LogP contribution is 2.30. The zero-order valence-corrected chi connectivity index (χ0v) is 13.5. The first-order valence-corrected chi connectivity index (χ1v) is 7.62. The van der Waals surface area contributed by atoms with Gasteiger partial charge in [-0.3, -0.25) is 0 Å². The Morgan fingerprint density at radius 1 is 1.55 bits per heavy atom. The Labute approximate surface area is 128 Å². The normalized spacial score (nSPS) is 22.3. The van der Waals surface area contributed by atoms with Crippen LogP contribution in [-0.2, 0) is 11.2 Å². The molecular formula is C15H21BrFNO2. The van der Waals surface area contributed by atoms with Crippen molar-refractivity contribution < 1.29 is 13.9 Å². The first-order chi connectivity index (χ1) is 9.50. The van der Waals surface area contributed by atoms with E-state index in [1.165, 1.54) is 0 Å². The van der Waals surface area contributed by atoms with Crippen molar-refractivity contribution in [1.29, 1.82) is 0 Å². The van der Waals surface area contributed by atoms with Crippen molar-refractivity contribution in [3.05, 3.63) is 28.2 Å². The van der Waals surface area contributed by atoms with Crippen LogP contribution in [0.5, 0.6) is 5.75 Å². The summed E-state index contributed by atoms with van der Waals surface area (Å²) in [6.45, 7) is 3.72. The van der Waals surface area contributed by atoms with Gasteiger partial charge in [-0.15, -0.1) is 0 Å². The summed E-state index contributed by atoms with van der Waals surface area (Å²) < 4.78 is 26.5. The molecule has 0 bridgehead atoms. The highest BCUT2D eigenvalue weighted by Gasteiger charge is 2.30. The van der Waals surface area contributed by atoms with E-state index in [4.69, 9.17) is 9.47 Å². The minimum absolute atomic E-state index is 0.0805. The zero-order valence-electron chi connectivity index (χ0n) is 11.9. The van der Waals surface area contributed by atoms with Crippen molar-refractivity contribution in [3.8, 4) is 5.75 Å². The minimum atomic E-state index is -1.30. The summed E-state index contributed by atoms with van der Waals surface area (Å²) in [4.78, 5) is 0. The second-order valence-electron chi connectivity index (χ2n) is 5.48. The predicted molar refractivity (Wildman–Crippen MR) is 81.1 cm³/mol. The monoisotopic (exact) mass is 345 g/mol. The lowest BCUT2D eigenvalue weighted by Gasteiger charge is -2.30. The van der Waals surface area contributed by atoms with Crippen LogP contribution in [0.15, 0.2) is 22.7 Å². The third kappa shape index (κ3) is 4.43. The van der Waals surface area contributed by atoms with Gasteiger partial charge in [0.05, 0.1) is 20.3 Å². The van der Waals surface area contributed by atoms with E-state index >= 15 is 0 Å². The molecule has 2 atom stereocenters. The van der Waals surface area contributed by atoms with E-state index in [1.807, 2.05) is 18.2 Å². The third-order valence-corrected chi connectivity index (χ3v) is 3.97. The number of halogens is 2. The molecule has 0 spiro atoms. The van der Waals surface area contributed by atoms with Gasteiger partial charge in [-0.1, -0.05) is 15.9 Å². The van der Waals surface area contributed by atoms with E-state index in [0.29, 0.717) is 26.1 Å². The second-order valence-corrected chi connectivity index (χ2v) is 6.39. The topological polar surface area (TPSA) is 30.5 Å². The van der Waals surface area contributed by atoms with Gasteiger partial charge in [0.1, 0.15) is 11.4 Å². The third-order valence-electron chi connectivity index (χ3n) is 3.47. The number of hydrogen-bond acceptors (Lipinski definition) is 3. The van der Waals surface area contributed by atoms with Crippen LogP contribution in [0.4, 0.5) is 4.39 Å². The van der Waals surface area contributed by atoms with E-state index in [0.717, 1.165) is 22.3 Å². The van der Waals surface area contributed by atoms with Crippen LogP contribution in [0.1, 0.15) is 18.9 Å². The van der Waals surface area contributed by atoms with Crippen molar-refractivity contribution in [2.24, 2.45) is 0 Å². The molecule has 2 unspecified atom stereocenters. The first-order valence-electron chi connectivity index (χ1n) is 6.83. The molecule has 0 radical (unpaired) electrons. The van der Waals surface area contributed by atoms with Crippen molar-refractivity contribution in [3.63, 3.8) is 0 Å². The van der Waals surface area contributed by atoms with Gasteiger partial charge in [-0.2, -0.15) is 0 Å². The van der Waals surface area contributed by atoms with Gasteiger partial charge in [-0.25, -0.2) is 4.39 Å². The quantitative estimate of drug-likeness (QED) is 0.889. The summed E-state index contributed by atoms with van der Waals surface area (Å²) in [6, 6.07) is 5.75. The molecule has 20 heavy (non-hydrogen) atoms. The highest BCUT2D eigenvalue weighted by molar-refractivity contribution is 9.10. The van der Waals surface area contributed by atoms with E-state index < -0.39 is 5.67 Å². The van der Waals surface area contributed by atoms with Crippen molar-refractivity contribution in [1.82, 2.24) is 5.32 Å². The highest BCUT2D eigenvalue weighted by atomic mass is 79.9. The molecule has 1 aromatic rings. The Kier molecular flexibility index (Phi) is 5.41. The van der Waals surface area contributed by atoms with E-state index in [-0.39, 0.29) is 6.04 Å². The maximum atomic E-state index is 14.8. The standard InChI is InChI=1S/C15H21BrFNO2/c1-15(17,9-13-10-20-6-5-18-13)8-11-7-12(16)3-4-14(11)19-2/h3-4,7,13,18H,5-6,8-10H2,1-2H3. The molecule has 1 aromatic carbocycles. The predicted octanol–water partition coefficient (Wildman–Crippen LogP) is 3.11. The summed E-state index contributed by atoms with van der Waals surface area (Å²) in [5.41, 5.74) is -0.421. The summed E-state index contributed by atoms with van der Waals surface area (Å²) in [6.07, 6.45) is 0.760. The van der Waals surface area contributed by atoms with Crippen LogP contribution in [0, 0.1) is 0 Å². The smallest absolute Gasteiger partial charge is 0.122 e. The number of alkyl halides is 1. The number of rotatable bonds is 5. The molecule has 112 valence electrons. The average molecular weight is 346 g/mol. The Morgan fingerprint density at radius 2 is 2.35 bits per heavy atom. The molecule has 0 aliphatic carbocycles. The fourth-order valence-corrected chi connectivity index (χ4v) is 3.03. The number of methoxy groups -OCH3 is 1. The molecule has 1 fully saturated rings. The molecule has 0 aromatic heterocycles. The molecule has 1 N–H and O–H groups in total. The number of benzene rings is 1. The molecule has 1 heterocycles. The Balaban J connectivity index is 2.04. The van der Waals surface area contributed by atoms with E-state index in [9.17, 15) is 4.39 Å². The Morgan fingerprint density at radius 3 is 3.00 bits per heavy atom. The molecule has 0 saturated carbocycles. The Hall–Kier alpha value is -0.650. The van der Waals surface area contributed by atoms with Gasteiger partial charge < -0.3 is 14.8 Å². The number of nitrogens with one attached hydrogen (secondary N) is 1. The van der Waals surface area contributed by atoms with Crippen LogP contribution < -0.4 is 10.1 Å². The largest absolute Gasteiger partial charge is 0.496 e. The van der Waals surface area contributed by atoms with Gasteiger partial charge in [-0.05, 0) is 37.1 Å². The summed E-state index contributed by atoms with van der Waals surface area (Å²) >= 11 is 3.42. The second kappa shape index (κ2) is 6.87. The van der Waals surface area contributed by atoms with Crippen LogP contribution >= 0.6 is 15.9 Å². The van der Waals surface area contributed by atoms with Gasteiger partial charge in [0.25, 0.3) is 0 Å². The zero-order chi connectivity index (χ0) is 14.6. The number of ether oxygens (including phenoxy) is 2. The summed E-state index contributed by atoms with van der Waals surface area (Å²) in [7, 11) is 1.61. The maximum absolute atomic E-state index is 14.8. The van der Waals surface area contributed by atoms with Crippen molar-refractivity contribution in [2.75, 3.05) is 26.9 Å².